The third-order valence-corrected chi connectivity index (χ3v) is 7.11. The van der Waals surface area contributed by atoms with Gasteiger partial charge in [0, 0.05) is 24.3 Å². The second kappa shape index (κ2) is 18.1. The quantitative estimate of drug-likeness (QED) is 0.133. The van der Waals surface area contributed by atoms with E-state index in [4.69, 9.17) is 0 Å². The molecule has 0 amide bonds. The zero-order chi connectivity index (χ0) is 31.8. The number of hydrogen-bond donors (Lipinski definition) is 2. The number of Topliss-reactive ketones (excluding diaryl/α,β-unsaturated/α-hetero) is 2. The average Bonchev–Trinajstić information content (AvgIpc) is 3.06. The molecule has 0 radical (unpaired) electrons. The standard InChI is InChI=1S/C35H32FNO2.2CH5N/c1-4-25-11-19-34(37-3)32(20-25)21-31-18-17-30(22-33(31)36)27-13-15-28(16-14-27)35(39)23-29(24(2)38)12-10-26-8-6-5-7-9-26;2*1-2/h4-9,11,13-20,22,29H,1,3,10,12,21,23H2,2H3;2*2H2,1H3. The molecule has 4 N–H and O–H groups in total. The van der Waals surface area contributed by atoms with Crippen LogP contribution in [0.2, 0.25) is 0 Å². The van der Waals surface area contributed by atoms with Crippen LogP contribution >= 0.6 is 0 Å². The van der Waals surface area contributed by atoms with Crippen LogP contribution in [0.5, 0.6) is 0 Å². The fourth-order valence-electron chi connectivity index (χ4n) is 4.73. The second-order valence-corrected chi connectivity index (χ2v) is 9.77. The number of carbonyl (C=O) groups excluding carboxylic acids is 2. The van der Waals surface area contributed by atoms with Gasteiger partial charge in [0.05, 0.1) is 5.69 Å². The molecule has 0 saturated heterocycles. The van der Waals surface area contributed by atoms with E-state index in [1.165, 1.54) is 20.2 Å². The lowest BCUT2D eigenvalue weighted by Gasteiger charge is -2.13. The van der Waals surface area contributed by atoms with E-state index in [1.54, 1.807) is 31.2 Å². The zero-order valence-electron chi connectivity index (χ0n) is 25.4. The molecule has 43 heavy (non-hydrogen) atoms. The maximum Gasteiger partial charge on any atom is 0.163 e. The van der Waals surface area contributed by atoms with Gasteiger partial charge in [-0.25, -0.2) is 4.39 Å². The highest BCUT2D eigenvalue weighted by atomic mass is 19.1. The summed E-state index contributed by atoms with van der Waals surface area (Å²) in [5.41, 5.74) is 15.3. The van der Waals surface area contributed by atoms with Gasteiger partial charge in [-0.1, -0.05) is 85.5 Å². The normalized spacial score (nSPS) is 10.7. The van der Waals surface area contributed by atoms with Crippen molar-refractivity contribution in [3.8, 4) is 11.1 Å². The molecule has 4 rings (SSSR count). The van der Waals surface area contributed by atoms with Crippen molar-refractivity contribution >= 4 is 30.0 Å². The van der Waals surface area contributed by atoms with E-state index in [9.17, 15) is 9.59 Å². The number of benzene rings is 4. The number of halogens is 1. The lowest BCUT2D eigenvalue weighted by atomic mass is 9.89. The Hall–Kier alpha value is -4.52. The summed E-state index contributed by atoms with van der Waals surface area (Å²) in [5, 5.41) is 0. The Morgan fingerprint density at radius 3 is 2.09 bits per heavy atom. The van der Waals surface area contributed by atoms with Gasteiger partial charge in [-0.2, -0.15) is 0 Å². The van der Waals surface area contributed by atoms with E-state index < -0.39 is 0 Å². The van der Waals surface area contributed by atoms with Crippen LogP contribution in [0.4, 0.5) is 10.1 Å². The highest BCUT2D eigenvalue weighted by molar-refractivity contribution is 5.99. The van der Waals surface area contributed by atoms with E-state index in [0.717, 1.165) is 39.9 Å². The Labute approximate surface area is 255 Å². The van der Waals surface area contributed by atoms with Crippen molar-refractivity contribution in [3.05, 3.63) is 131 Å². The van der Waals surface area contributed by atoms with Gasteiger partial charge in [-0.3, -0.25) is 14.6 Å². The molecule has 1 unspecified atom stereocenters. The molecule has 0 aliphatic rings. The summed E-state index contributed by atoms with van der Waals surface area (Å²) in [4.78, 5) is 29.2. The molecule has 0 heterocycles. The highest BCUT2D eigenvalue weighted by Gasteiger charge is 2.20. The van der Waals surface area contributed by atoms with E-state index in [1.807, 2.05) is 66.7 Å². The summed E-state index contributed by atoms with van der Waals surface area (Å²) in [6.45, 7) is 8.97. The minimum atomic E-state index is -0.317. The third kappa shape index (κ3) is 10.1. The number of aryl methyl sites for hydroxylation is 1. The Balaban J connectivity index is 0.00000155. The van der Waals surface area contributed by atoms with Gasteiger partial charge in [0.25, 0.3) is 0 Å². The molecule has 4 aromatic carbocycles. The first-order chi connectivity index (χ1) is 20.9. The van der Waals surface area contributed by atoms with Crippen LogP contribution in [0.3, 0.4) is 0 Å². The van der Waals surface area contributed by atoms with E-state index in [0.29, 0.717) is 24.0 Å². The monoisotopic (exact) mass is 579 g/mol. The van der Waals surface area contributed by atoms with Crippen LogP contribution in [0.25, 0.3) is 17.2 Å². The van der Waals surface area contributed by atoms with Gasteiger partial charge in [0.2, 0.25) is 0 Å². The number of nitrogens with zero attached hydrogens (tertiary/aromatic N) is 1. The molecule has 0 aliphatic heterocycles. The first-order valence-corrected chi connectivity index (χ1v) is 14.2. The maximum absolute atomic E-state index is 15.1. The number of aliphatic imine (C=N–C) groups is 1. The zero-order valence-corrected chi connectivity index (χ0v) is 25.4. The number of carbonyl (C=O) groups is 2. The van der Waals surface area contributed by atoms with Crippen molar-refractivity contribution < 1.29 is 14.0 Å². The summed E-state index contributed by atoms with van der Waals surface area (Å²) < 4.78 is 15.1. The summed E-state index contributed by atoms with van der Waals surface area (Å²) in [6.07, 6.45) is 3.70. The minimum absolute atomic E-state index is 0.0266. The summed E-state index contributed by atoms with van der Waals surface area (Å²) in [6, 6.07) is 28.0. The first-order valence-electron chi connectivity index (χ1n) is 14.2. The van der Waals surface area contributed by atoms with Gasteiger partial charge < -0.3 is 11.5 Å². The van der Waals surface area contributed by atoms with Crippen LogP contribution in [0.1, 0.15) is 52.4 Å². The van der Waals surface area contributed by atoms with Crippen molar-refractivity contribution in [1.29, 1.82) is 0 Å². The van der Waals surface area contributed by atoms with Gasteiger partial charge in [0.1, 0.15) is 11.6 Å². The van der Waals surface area contributed by atoms with E-state index >= 15 is 4.39 Å². The van der Waals surface area contributed by atoms with Crippen molar-refractivity contribution in [3.63, 3.8) is 0 Å². The SMILES string of the molecule is C=Cc1ccc(N=C)c(Cc2ccc(-c3ccc(C(=O)CC(CCc4ccccc4)C(C)=O)cc3)cc2F)c1.CN.CN. The first kappa shape index (κ1) is 34.7. The molecule has 0 bridgehead atoms. The molecular weight excluding hydrogens is 537 g/mol. The van der Waals surface area contributed by atoms with E-state index in [2.05, 4.69) is 29.8 Å². The Morgan fingerprint density at radius 2 is 1.51 bits per heavy atom. The molecule has 224 valence electrons. The fraction of sp³-hybridized carbons (Fsp3) is 0.216. The lowest BCUT2D eigenvalue weighted by Crippen LogP contribution is -2.17. The number of hydrogen-bond acceptors (Lipinski definition) is 5. The second-order valence-electron chi connectivity index (χ2n) is 9.77. The molecule has 4 aromatic rings. The van der Waals surface area contributed by atoms with Gasteiger partial charge in [-0.05, 0) is 92.2 Å². The third-order valence-electron chi connectivity index (χ3n) is 7.11. The molecule has 6 heteroatoms. The van der Waals surface area contributed by atoms with Gasteiger partial charge in [-0.15, -0.1) is 0 Å². The molecular formula is C37H42FN3O2. The molecule has 0 spiro atoms. The predicted molar refractivity (Wildman–Crippen MR) is 178 cm³/mol. The largest absolute Gasteiger partial charge is 0.333 e. The molecule has 0 saturated carbocycles. The summed E-state index contributed by atoms with van der Waals surface area (Å²) >= 11 is 0. The Kier molecular flexibility index (Phi) is 14.6. The van der Waals surface area contributed by atoms with E-state index in [-0.39, 0.29) is 29.7 Å². The predicted octanol–water partition coefficient (Wildman–Crippen LogP) is 7.62. The summed E-state index contributed by atoms with van der Waals surface area (Å²) in [5.74, 6) is -0.666. The average molecular weight is 580 g/mol. The van der Waals surface area contributed by atoms with Crippen molar-refractivity contribution in [1.82, 2.24) is 0 Å². The molecule has 0 aromatic heterocycles. The summed E-state index contributed by atoms with van der Waals surface area (Å²) in [7, 11) is 3.00. The molecule has 5 nitrogen and oxygen atoms in total. The Bertz CT molecular complexity index is 1500. The highest BCUT2D eigenvalue weighted by Crippen LogP contribution is 2.28. The number of nitrogens with two attached hydrogens (primary N) is 2. The topological polar surface area (TPSA) is 98.5 Å². The van der Waals surface area contributed by atoms with Crippen molar-refractivity contribution in [2.75, 3.05) is 14.1 Å². The van der Waals surface area contributed by atoms with Gasteiger partial charge in [0.15, 0.2) is 5.78 Å². The smallest absolute Gasteiger partial charge is 0.163 e. The van der Waals surface area contributed by atoms with Crippen molar-refractivity contribution in [2.45, 2.75) is 32.6 Å². The van der Waals surface area contributed by atoms with Crippen LogP contribution < -0.4 is 11.5 Å². The maximum atomic E-state index is 15.1. The molecule has 0 aliphatic carbocycles. The molecule has 0 fully saturated rings. The van der Waals surface area contributed by atoms with Crippen LogP contribution in [-0.4, -0.2) is 32.4 Å². The minimum Gasteiger partial charge on any atom is -0.333 e. The Morgan fingerprint density at radius 1 is 0.860 bits per heavy atom. The van der Waals surface area contributed by atoms with Crippen molar-refractivity contribution in [2.24, 2.45) is 22.4 Å². The number of rotatable bonds is 12. The fourth-order valence-corrected chi connectivity index (χ4v) is 4.73. The number of ketones is 2. The van der Waals surface area contributed by atoms with Crippen LogP contribution in [0, 0.1) is 11.7 Å². The van der Waals surface area contributed by atoms with Crippen LogP contribution in [0.15, 0.2) is 103 Å². The van der Waals surface area contributed by atoms with Crippen LogP contribution in [-0.2, 0) is 17.6 Å². The van der Waals surface area contributed by atoms with Gasteiger partial charge >= 0.3 is 0 Å². The molecule has 1 atom stereocenters. The lowest BCUT2D eigenvalue weighted by molar-refractivity contribution is -0.120.